The lowest BCUT2D eigenvalue weighted by Crippen LogP contribution is -2.48. The van der Waals surface area contributed by atoms with Gasteiger partial charge in [-0.3, -0.25) is 0 Å². The van der Waals surface area contributed by atoms with Crippen LogP contribution in [0, 0.1) is 6.92 Å². The molecule has 0 aromatic carbocycles. The fourth-order valence-electron chi connectivity index (χ4n) is 2.38. The molecule has 1 aliphatic rings. The highest BCUT2D eigenvalue weighted by Gasteiger charge is 2.23. The zero-order valence-electron chi connectivity index (χ0n) is 12.4. The summed E-state index contributed by atoms with van der Waals surface area (Å²) < 4.78 is 5.07. The molecule has 0 spiro atoms. The quantitative estimate of drug-likeness (QED) is 0.877. The molecule has 20 heavy (non-hydrogen) atoms. The van der Waals surface area contributed by atoms with Crippen LogP contribution in [0.4, 0.5) is 4.79 Å². The molecular formula is C13H23N5O2. The third-order valence-corrected chi connectivity index (χ3v) is 3.49. The molecule has 2 amide bonds. The molecule has 0 radical (unpaired) electrons. The zero-order valence-corrected chi connectivity index (χ0v) is 12.4. The topological polar surface area (TPSA) is 74.5 Å². The van der Waals surface area contributed by atoms with Crippen LogP contribution < -0.4 is 5.32 Å². The molecule has 7 heteroatoms. The van der Waals surface area contributed by atoms with E-state index in [4.69, 9.17) is 4.52 Å². The van der Waals surface area contributed by atoms with Gasteiger partial charge in [0.1, 0.15) is 0 Å². The number of aromatic nitrogens is 2. The van der Waals surface area contributed by atoms with Crippen molar-refractivity contribution in [2.45, 2.75) is 32.2 Å². The zero-order chi connectivity index (χ0) is 14.5. The molecule has 2 rings (SSSR count). The third kappa shape index (κ3) is 3.93. The number of carbonyl (C=O) groups excluding carboxylic acids is 1. The predicted molar refractivity (Wildman–Crippen MR) is 74.4 cm³/mol. The highest BCUT2D eigenvalue weighted by Crippen LogP contribution is 2.11. The first kappa shape index (κ1) is 14.8. The van der Waals surface area contributed by atoms with Gasteiger partial charge in [0.25, 0.3) is 0 Å². The minimum absolute atomic E-state index is 0.102. The summed E-state index contributed by atoms with van der Waals surface area (Å²) in [6.07, 6.45) is 2.72. The van der Waals surface area contributed by atoms with Crippen LogP contribution in [0.5, 0.6) is 0 Å². The van der Waals surface area contributed by atoms with E-state index >= 15 is 0 Å². The van der Waals surface area contributed by atoms with Crippen LogP contribution in [0.25, 0.3) is 0 Å². The minimum atomic E-state index is 0.102. The monoisotopic (exact) mass is 281 g/mol. The van der Waals surface area contributed by atoms with E-state index < -0.39 is 0 Å². The minimum Gasteiger partial charge on any atom is -0.339 e. The van der Waals surface area contributed by atoms with E-state index in [2.05, 4.69) is 15.5 Å². The first-order chi connectivity index (χ1) is 9.56. The molecule has 1 aromatic rings. The summed E-state index contributed by atoms with van der Waals surface area (Å²) in [5.74, 6) is 1.35. The highest BCUT2D eigenvalue weighted by atomic mass is 16.5. The molecule has 0 unspecified atom stereocenters. The molecule has 0 aliphatic carbocycles. The number of hydrogen-bond acceptors (Lipinski definition) is 5. The molecule has 1 saturated heterocycles. The normalized spacial score (nSPS) is 16.4. The van der Waals surface area contributed by atoms with Gasteiger partial charge in [-0.1, -0.05) is 5.16 Å². The first-order valence-electron chi connectivity index (χ1n) is 7.05. The Balaban J connectivity index is 1.66. The Labute approximate surface area is 119 Å². The third-order valence-electron chi connectivity index (χ3n) is 3.49. The fourth-order valence-corrected chi connectivity index (χ4v) is 2.38. The summed E-state index contributed by atoms with van der Waals surface area (Å²) in [5.41, 5.74) is 0. The van der Waals surface area contributed by atoms with Gasteiger partial charge >= 0.3 is 6.03 Å². The summed E-state index contributed by atoms with van der Waals surface area (Å²) in [7, 11) is 3.58. The number of likely N-dealkylation sites (tertiary alicyclic amines) is 1. The Morgan fingerprint density at radius 1 is 1.45 bits per heavy atom. The second-order valence-electron chi connectivity index (χ2n) is 5.38. The largest absolute Gasteiger partial charge is 0.339 e. The van der Waals surface area contributed by atoms with E-state index in [1.165, 1.54) is 0 Å². The maximum absolute atomic E-state index is 11.8. The van der Waals surface area contributed by atoms with Crippen molar-refractivity contribution in [1.82, 2.24) is 25.3 Å². The van der Waals surface area contributed by atoms with Crippen molar-refractivity contribution < 1.29 is 9.32 Å². The lowest BCUT2D eigenvalue weighted by atomic mass is 10.1. The lowest BCUT2D eigenvalue weighted by molar-refractivity contribution is 0.152. The number of hydrogen-bond donors (Lipinski definition) is 1. The van der Waals surface area contributed by atoms with Gasteiger partial charge < -0.3 is 19.6 Å². The van der Waals surface area contributed by atoms with Crippen molar-refractivity contribution >= 4 is 6.03 Å². The Morgan fingerprint density at radius 3 is 2.70 bits per heavy atom. The van der Waals surface area contributed by atoms with Gasteiger partial charge in [-0.25, -0.2) is 4.79 Å². The second kappa shape index (κ2) is 6.69. The molecule has 0 saturated carbocycles. The molecule has 1 N–H and O–H groups in total. The average molecular weight is 281 g/mol. The van der Waals surface area contributed by atoms with E-state index in [9.17, 15) is 4.79 Å². The number of amides is 2. The Morgan fingerprint density at radius 2 is 2.15 bits per heavy atom. The predicted octanol–water partition coefficient (Wildman–Crippen LogP) is 0.656. The van der Waals surface area contributed by atoms with Crippen LogP contribution >= 0.6 is 0 Å². The standard InChI is InChI=1S/C13H23N5O2/c1-10-15-12(20-16-10)4-7-14-11-5-8-18(9-6-11)13(19)17(2)3/h11,14H,4-9H2,1-3H3. The van der Waals surface area contributed by atoms with Crippen LogP contribution in [0.1, 0.15) is 24.6 Å². The maximum Gasteiger partial charge on any atom is 0.319 e. The van der Waals surface area contributed by atoms with Gasteiger partial charge in [0.05, 0.1) is 0 Å². The first-order valence-corrected chi connectivity index (χ1v) is 7.05. The SMILES string of the molecule is Cc1noc(CCNC2CCN(C(=O)N(C)C)CC2)n1. The molecule has 0 bridgehead atoms. The number of nitrogens with zero attached hydrogens (tertiary/aromatic N) is 4. The van der Waals surface area contributed by atoms with E-state index in [1.54, 1.807) is 19.0 Å². The molecule has 1 aromatic heterocycles. The number of rotatable bonds is 4. The summed E-state index contributed by atoms with van der Waals surface area (Å²) in [6.45, 7) is 4.27. The number of nitrogens with one attached hydrogen (secondary N) is 1. The average Bonchev–Trinajstić information content (AvgIpc) is 2.84. The number of urea groups is 1. The van der Waals surface area contributed by atoms with Crippen molar-refractivity contribution in [3.63, 3.8) is 0 Å². The molecule has 7 nitrogen and oxygen atoms in total. The number of aryl methyl sites for hydroxylation is 1. The van der Waals surface area contributed by atoms with Crippen LogP contribution in [0.3, 0.4) is 0 Å². The van der Waals surface area contributed by atoms with Gasteiger partial charge in [-0.2, -0.15) is 4.98 Å². The van der Waals surface area contributed by atoms with Gasteiger partial charge in [0.2, 0.25) is 5.89 Å². The molecule has 1 fully saturated rings. The van der Waals surface area contributed by atoms with Crippen molar-refractivity contribution in [3.05, 3.63) is 11.7 Å². The van der Waals surface area contributed by atoms with Crippen LogP contribution in [-0.2, 0) is 6.42 Å². The van der Waals surface area contributed by atoms with E-state index in [-0.39, 0.29) is 6.03 Å². The fraction of sp³-hybridized carbons (Fsp3) is 0.769. The maximum atomic E-state index is 11.8. The summed E-state index contributed by atoms with van der Waals surface area (Å²) in [5, 5.41) is 7.25. The molecular weight excluding hydrogens is 258 g/mol. The Hall–Kier alpha value is -1.63. The molecule has 1 aliphatic heterocycles. The summed E-state index contributed by atoms with van der Waals surface area (Å²) in [6, 6.07) is 0.565. The van der Waals surface area contributed by atoms with Crippen molar-refractivity contribution in [2.75, 3.05) is 33.7 Å². The molecule has 2 heterocycles. The smallest absolute Gasteiger partial charge is 0.319 e. The highest BCUT2D eigenvalue weighted by molar-refractivity contribution is 5.73. The van der Waals surface area contributed by atoms with Gasteiger partial charge in [-0.15, -0.1) is 0 Å². The van der Waals surface area contributed by atoms with Gasteiger partial charge in [-0.05, 0) is 19.8 Å². The van der Waals surface area contributed by atoms with E-state index in [1.807, 2.05) is 11.8 Å². The Kier molecular flexibility index (Phi) is 4.94. The molecule has 112 valence electrons. The summed E-state index contributed by atoms with van der Waals surface area (Å²) in [4.78, 5) is 19.5. The Bertz CT molecular complexity index is 438. The van der Waals surface area contributed by atoms with Crippen LogP contribution in [-0.4, -0.2) is 65.7 Å². The summed E-state index contributed by atoms with van der Waals surface area (Å²) >= 11 is 0. The second-order valence-corrected chi connectivity index (χ2v) is 5.38. The van der Waals surface area contributed by atoms with Crippen LogP contribution in [0.2, 0.25) is 0 Å². The van der Waals surface area contributed by atoms with Gasteiger partial charge in [0.15, 0.2) is 5.82 Å². The van der Waals surface area contributed by atoms with Crippen molar-refractivity contribution in [3.8, 4) is 0 Å². The van der Waals surface area contributed by atoms with E-state index in [0.717, 1.165) is 38.9 Å². The van der Waals surface area contributed by atoms with Crippen molar-refractivity contribution in [2.24, 2.45) is 0 Å². The lowest BCUT2D eigenvalue weighted by Gasteiger charge is -2.34. The van der Waals surface area contributed by atoms with E-state index in [0.29, 0.717) is 17.8 Å². The molecule has 0 atom stereocenters. The van der Waals surface area contributed by atoms with Crippen LogP contribution in [0.15, 0.2) is 4.52 Å². The number of piperidine rings is 1. The van der Waals surface area contributed by atoms with Crippen molar-refractivity contribution in [1.29, 1.82) is 0 Å². The van der Waals surface area contributed by atoms with Gasteiger partial charge in [0, 0.05) is 46.2 Å². The number of carbonyl (C=O) groups is 1.